The van der Waals surface area contributed by atoms with Gasteiger partial charge in [-0.3, -0.25) is 4.79 Å². The third kappa shape index (κ3) is 5.59. The van der Waals surface area contributed by atoms with Crippen molar-refractivity contribution in [2.75, 3.05) is 18.9 Å². The van der Waals surface area contributed by atoms with Crippen molar-refractivity contribution < 1.29 is 29.6 Å². The molecule has 9 atom stereocenters. The van der Waals surface area contributed by atoms with Crippen LogP contribution in [0.4, 0.5) is 0 Å². The van der Waals surface area contributed by atoms with Crippen molar-refractivity contribution in [1.82, 2.24) is 10.6 Å². The molecule has 2 bridgehead atoms. The summed E-state index contributed by atoms with van der Waals surface area (Å²) in [4.78, 5) is 13.5. The molecule has 9 heteroatoms. The van der Waals surface area contributed by atoms with Gasteiger partial charge in [-0.2, -0.15) is 0 Å². The number of fused-ring (bicyclic) bond motifs is 3. The molecule has 5 N–H and O–H groups in total. The molecule has 0 aromatic heterocycles. The fourth-order valence-electron chi connectivity index (χ4n) is 5.79. The smallest absolute Gasteiger partial charge is 0.240 e. The second-order valence-corrected chi connectivity index (χ2v) is 11.8. The first kappa shape index (κ1) is 25.8. The van der Waals surface area contributed by atoms with Gasteiger partial charge in [-0.1, -0.05) is 32.9 Å². The zero-order chi connectivity index (χ0) is 24.4. The van der Waals surface area contributed by atoms with E-state index in [2.05, 4.69) is 30.6 Å². The largest absolute Gasteiger partial charge is 0.506 e. The molecule has 0 spiro atoms. The van der Waals surface area contributed by atoms with E-state index in [1.165, 1.54) is 18.2 Å². The van der Waals surface area contributed by atoms with Crippen LogP contribution in [0.5, 0.6) is 0 Å². The van der Waals surface area contributed by atoms with Crippen molar-refractivity contribution in [3.05, 3.63) is 23.7 Å². The number of hydrogen-bond acceptors (Lipinski definition) is 8. The number of thioether (sulfide) groups is 1. The van der Waals surface area contributed by atoms with E-state index in [1.807, 2.05) is 13.0 Å². The molecule has 0 radical (unpaired) electrons. The molecule has 2 saturated heterocycles. The molecule has 34 heavy (non-hydrogen) atoms. The van der Waals surface area contributed by atoms with Gasteiger partial charge in [-0.05, 0) is 55.1 Å². The van der Waals surface area contributed by atoms with Crippen molar-refractivity contribution >= 4 is 17.7 Å². The number of ether oxygens (including phenoxy) is 2. The molecule has 4 rings (SSSR count). The summed E-state index contributed by atoms with van der Waals surface area (Å²) in [7, 11) is 0. The maximum absolute atomic E-state index is 13.5. The summed E-state index contributed by atoms with van der Waals surface area (Å²) in [5, 5.41) is 37.8. The predicted molar refractivity (Wildman–Crippen MR) is 131 cm³/mol. The minimum Gasteiger partial charge on any atom is -0.506 e. The van der Waals surface area contributed by atoms with E-state index in [1.54, 1.807) is 0 Å². The Labute approximate surface area is 206 Å². The number of amides is 1. The Hall–Kier alpha value is -1.26. The Morgan fingerprint density at radius 1 is 1.32 bits per heavy atom. The molecule has 192 valence electrons. The summed E-state index contributed by atoms with van der Waals surface area (Å²) in [5.74, 6) is 1.01. The molecule has 0 aliphatic carbocycles. The van der Waals surface area contributed by atoms with Crippen molar-refractivity contribution in [1.29, 1.82) is 0 Å². The van der Waals surface area contributed by atoms with E-state index >= 15 is 0 Å². The van der Waals surface area contributed by atoms with Gasteiger partial charge in [0, 0.05) is 13.2 Å². The molecule has 1 amide bonds. The van der Waals surface area contributed by atoms with E-state index in [0.29, 0.717) is 30.1 Å². The molecule has 8 nitrogen and oxygen atoms in total. The summed E-state index contributed by atoms with van der Waals surface area (Å²) in [6, 6.07) is -1.09. The van der Waals surface area contributed by atoms with Crippen molar-refractivity contribution in [3.63, 3.8) is 0 Å². The lowest BCUT2D eigenvalue weighted by atomic mass is 9.85. The lowest BCUT2D eigenvalue weighted by Gasteiger charge is -2.39. The average Bonchev–Trinajstić information content (AvgIpc) is 3.08. The van der Waals surface area contributed by atoms with Gasteiger partial charge in [-0.25, -0.2) is 0 Å². The summed E-state index contributed by atoms with van der Waals surface area (Å²) < 4.78 is 12.2. The number of aliphatic hydroxyl groups excluding tert-OH is 3. The zero-order valence-corrected chi connectivity index (χ0v) is 21.2. The molecule has 4 aliphatic heterocycles. The Balaban J connectivity index is 1.50. The Morgan fingerprint density at radius 3 is 2.88 bits per heavy atom. The first-order valence-corrected chi connectivity index (χ1v) is 13.7. The monoisotopic (exact) mass is 496 g/mol. The van der Waals surface area contributed by atoms with Crippen LogP contribution in [0.15, 0.2) is 23.7 Å². The van der Waals surface area contributed by atoms with Crippen molar-refractivity contribution in [2.45, 2.75) is 82.3 Å². The number of carbonyl (C=O) groups is 1. The predicted octanol–water partition coefficient (Wildman–Crippen LogP) is 2.64. The number of carbonyl (C=O) groups excluding carboxylic acids is 1. The highest BCUT2D eigenvalue weighted by Gasteiger charge is 2.47. The van der Waals surface area contributed by atoms with E-state index in [0.717, 1.165) is 25.8 Å². The van der Waals surface area contributed by atoms with Crippen molar-refractivity contribution in [3.8, 4) is 0 Å². The van der Waals surface area contributed by atoms with E-state index < -0.39 is 41.2 Å². The third-order valence-electron chi connectivity index (χ3n) is 7.51. The normalized spacial score (nSPS) is 42.1. The quantitative estimate of drug-likeness (QED) is 0.377. The lowest BCUT2D eigenvalue weighted by Crippen LogP contribution is -2.58. The van der Waals surface area contributed by atoms with Gasteiger partial charge in [0.1, 0.15) is 23.7 Å². The first-order valence-electron chi connectivity index (χ1n) is 12.6. The van der Waals surface area contributed by atoms with Gasteiger partial charge < -0.3 is 35.4 Å². The molecule has 1 unspecified atom stereocenters. The van der Waals surface area contributed by atoms with E-state index in [4.69, 9.17) is 9.47 Å². The van der Waals surface area contributed by atoms with Gasteiger partial charge in [0.2, 0.25) is 5.91 Å². The molecule has 0 aromatic carbocycles. The molecule has 4 heterocycles. The Bertz CT molecular complexity index is 789. The first-order chi connectivity index (χ1) is 16.3. The third-order valence-corrected chi connectivity index (χ3v) is 8.68. The van der Waals surface area contributed by atoms with Gasteiger partial charge >= 0.3 is 0 Å². The molecule has 2 fully saturated rings. The summed E-state index contributed by atoms with van der Waals surface area (Å²) in [6.07, 6.45) is 5.67. The molecular weight excluding hydrogens is 456 g/mol. The second kappa shape index (κ2) is 11.2. The van der Waals surface area contributed by atoms with Crippen LogP contribution in [0.1, 0.15) is 46.5 Å². The molecule has 4 aliphatic rings. The van der Waals surface area contributed by atoms with Crippen LogP contribution in [0.3, 0.4) is 0 Å². The maximum atomic E-state index is 13.5. The Kier molecular flexibility index (Phi) is 8.51. The molecule has 0 saturated carbocycles. The molecule has 0 aromatic rings. The van der Waals surface area contributed by atoms with Crippen LogP contribution in [-0.4, -0.2) is 76.0 Å². The Morgan fingerprint density at radius 2 is 2.12 bits per heavy atom. The maximum Gasteiger partial charge on any atom is 0.240 e. The number of allylic oxidation sites excluding steroid dienone is 1. The fourth-order valence-corrected chi connectivity index (χ4v) is 6.80. The standard InChI is InChI=1S/C25H40N2O6S/c1-13(2)10-15-7-8-32-22-16(11-15)12-26-18(22)24(31)27-17-14(3)6-4-5-9-34-25-21(30)19(28)20(29)23(17)33-25/h4,6,13-18,21-23,25-26,28-30H,5,7-12H2,1-3H3,(H,27,31)/b6-4-/t14-,15+,16+,17-,18+,21-,22-,23-,25?/m1/s1. The van der Waals surface area contributed by atoms with Gasteiger partial charge in [0.25, 0.3) is 0 Å². The second-order valence-electron chi connectivity index (χ2n) is 10.6. The fraction of sp³-hybridized carbons (Fsp3) is 0.800. The van der Waals surface area contributed by atoms with E-state index in [-0.39, 0.29) is 17.9 Å². The number of aliphatic hydroxyl groups is 3. The lowest BCUT2D eigenvalue weighted by molar-refractivity contribution is -0.130. The highest BCUT2D eigenvalue weighted by molar-refractivity contribution is 7.99. The van der Waals surface area contributed by atoms with Gasteiger partial charge in [-0.15, -0.1) is 11.8 Å². The van der Waals surface area contributed by atoms with Gasteiger partial charge in [0.15, 0.2) is 11.5 Å². The number of rotatable bonds is 4. The number of nitrogens with one attached hydrogen (secondary N) is 2. The summed E-state index contributed by atoms with van der Waals surface area (Å²) in [6.45, 7) is 7.85. The highest BCUT2D eigenvalue weighted by atomic mass is 32.2. The van der Waals surface area contributed by atoms with E-state index in [9.17, 15) is 20.1 Å². The minimum atomic E-state index is -1.30. The van der Waals surface area contributed by atoms with Crippen LogP contribution in [-0.2, 0) is 14.3 Å². The van der Waals surface area contributed by atoms with Crippen LogP contribution < -0.4 is 10.6 Å². The summed E-state index contributed by atoms with van der Waals surface area (Å²) >= 11 is 1.38. The molecular formula is C25H40N2O6S. The summed E-state index contributed by atoms with van der Waals surface area (Å²) in [5.41, 5.74) is -0.712. The van der Waals surface area contributed by atoms with Crippen molar-refractivity contribution in [2.24, 2.45) is 23.7 Å². The van der Waals surface area contributed by atoms with Crippen LogP contribution in [0.2, 0.25) is 0 Å². The topological polar surface area (TPSA) is 120 Å². The van der Waals surface area contributed by atoms with Crippen LogP contribution in [0, 0.1) is 23.7 Å². The average molecular weight is 497 g/mol. The van der Waals surface area contributed by atoms with Crippen LogP contribution >= 0.6 is 11.8 Å². The SMILES string of the molecule is CC(C)C[C@@H]1CCO[C@@H]2[C@H](CN[C@@H]2C(=O)N[C@@H]2[C@H](C)/C=C\CCSC3O[C@H]2C(O)=C(O)[C@H]3O)C1. The highest BCUT2D eigenvalue weighted by Crippen LogP contribution is 2.36. The van der Waals surface area contributed by atoms with Gasteiger partial charge in [0.05, 0.1) is 12.1 Å². The number of hydrogen-bond donors (Lipinski definition) is 5. The zero-order valence-electron chi connectivity index (χ0n) is 20.4. The van der Waals surface area contributed by atoms with Crippen LogP contribution in [0.25, 0.3) is 0 Å². The minimum absolute atomic E-state index is 0.162.